The lowest BCUT2D eigenvalue weighted by molar-refractivity contribution is -0.136. The number of hydrogen-bond acceptors (Lipinski definition) is 3. The van der Waals surface area contributed by atoms with Gasteiger partial charge in [-0.05, 0) is 50.6 Å². The van der Waals surface area contributed by atoms with E-state index in [1.807, 2.05) is 31.2 Å². The van der Waals surface area contributed by atoms with Gasteiger partial charge in [-0.15, -0.1) is 0 Å². The Morgan fingerprint density at radius 3 is 2.57 bits per heavy atom. The van der Waals surface area contributed by atoms with Crippen LogP contribution in [0.5, 0.6) is 0 Å². The van der Waals surface area contributed by atoms with Crippen LogP contribution in [0.15, 0.2) is 24.3 Å². The van der Waals surface area contributed by atoms with Gasteiger partial charge in [0.25, 0.3) is 0 Å². The van der Waals surface area contributed by atoms with Crippen molar-refractivity contribution in [2.24, 2.45) is 5.92 Å². The molecule has 2 saturated heterocycles. The number of hydrogen-bond donors (Lipinski definition) is 3. The van der Waals surface area contributed by atoms with Crippen LogP contribution in [0.2, 0.25) is 0 Å². The van der Waals surface area contributed by atoms with Crippen LogP contribution in [0.4, 0.5) is 4.79 Å². The third kappa shape index (κ3) is 5.25. The highest BCUT2D eigenvalue weighted by Crippen LogP contribution is 2.29. The predicted molar refractivity (Wildman–Crippen MR) is 111 cm³/mol. The van der Waals surface area contributed by atoms with Gasteiger partial charge in [-0.25, -0.2) is 4.79 Å². The minimum Gasteiger partial charge on any atom is -0.334 e. The minimum absolute atomic E-state index is 0.0791. The summed E-state index contributed by atoms with van der Waals surface area (Å²) in [5, 5.41) is 9.28. The van der Waals surface area contributed by atoms with Crippen LogP contribution in [0.1, 0.15) is 50.7 Å². The summed E-state index contributed by atoms with van der Waals surface area (Å²) in [7, 11) is 0. The Hall–Kier alpha value is -2.08. The van der Waals surface area contributed by atoms with E-state index in [2.05, 4.69) is 34.7 Å². The maximum absolute atomic E-state index is 13.4. The number of aryl methyl sites for hydroxylation is 1. The average molecular weight is 387 g/mol. The summed E-state index contributed by atoms with van der Waals surface area (Å²) < 4.78 is 0. The fraction of sp³-hybridized carbons (Fsp3) is 0.636. The smallest absolute Gasteiger partial charge is 0.315 e. The van der Waals surface area contributed by atoms with Gasteiger partial charge in [0.2, 0.25) is 5.91 Å². The lowest BCUT2D eigenvalue weighted by Crippen LogP contribution is -2.55. The molecule has 6 nitrogen and oxygen atoms in total. The second kappa shape index (κ2) is 9.41. The number of amides is 3. The van der Waals surface area contributed by atoms with Crippen molar-refractivity contribution in [1.82, 2.24) is 20.9 Å². The van der Waals surface area contributed by atoms with Gasteiger partial charge in [-0.2, -0.15) is 0 Å². The molecule has 0 radical (unpaired) electrons. The van der Waals surface area contributed by atoms with E-state index in [1.165, 1.54) is 5.56 Å². The first kappa shape index (κ1) is 20.6. The lowest BCUT2D eigenvalue weighted by Gasteiger charge is -2.32. The number of benzene rings is 1. The van der Waals surface area contributed by atoms with Crippen molar-refractivity contribution < 1.29 is 9.59 Å². The molecule has 2 bridgehead atoms. The molecule has 3 rings (SSSR count). The Morgan fingerprint density at radius 2 is 1.86 bits per heavy atom. The minimum atomic E-state index is -0.473. The maximum atomic E-state index is 13.4. The number of urea groups is 1. The second-order valence-electron chi connectivity index (χ2n) is 8.62. The summed E-state index contributed by atoms with van der Waals surface area (Å²) in [5.41, 5.74) is 2.24. The molecule has 0 spiro atoms. The van der Waals surface area contributed by atoms with Crippen LogP contribution in [-0.2, 0) is 11.3 Å². The largest absolute Gasteiger partial charge is 0.334 e. The van der Waals surface area contributed by atoms with E-state index in [1.54, 1.807) is 0 Å². The van der Waals surface area contributed by atoms with Gasteiger partial charge >= 0.3 is 6.03 Å². The summed E-state index contributed by atoms with van der Waals surface area (Å²) in [6.07, 6.45) is 3.78. The van der Waals surface area contributed by atoms with E-state index in [0.717, 1.165) is 37.9 Å². The number of rotatable bonds is 6. The van der Waals surface area contributed by atoms with E-state index in [0.29, 0.717) is 24.9 Å². The van der Waals surface area contributed by atoms with Gasteiger partial charge in [0.05, 0.1) is 0 Å². The van der Waals surface area contributed by atoms with Crippen molar-refractivity contribution in [3.8, 4) is 0 Å². The van der Waals surface area contributed by atoms with Gasteiger partial charge in [-0.3, -0.25) is 4.79 Å². The summed E-state index contributed by atoms with van der Waals surface area (Å²) >= 11 is 0. The molecule has 6 heteroatoms. The lowest BCUT2D eigenvalue weighted by atomic mass is 10.0. The fourth-order valence-corrected chi connectivity index (χ4v) is 4.31. The van der Waals surface area contributed by atoms with Crippen molar-refractivity contribution in [3.63, 3.8) is 0 Å². The molecule has 28 heavy (non-hydrogen) atoms. The first-order valence-electron chi connectivity index (χ1n) is 10.6. The molecule has 1 aromatic carbocycles. The molecule has 3 N–H and O–H groups in total. The number of carbonyl (C=O) groups excluding carboxylic acids is 2. The van der Waals surface area contributed by atoms with Crippen LogP contribution < -0.4 is 16.0 Å². The number of nitrogens with one attached hydrogen (secondary N) is 3. The number of nitrogens with zero attached hydrogens (tertiary/aromatic N) is 1. The van der Waals surface area contributed by atoms with Gasteiger partial charge in [0.15, 0.2) is 0 Å². The fourth-order valence-electron chi connectivity index (χ4n) is 4.31. The van der Waals surface area contributed by atoms with E-state index >= 15 is 0 Å². The third-order valence-corrected chi connectivity index (χ3v) is 5.79. The molecule has 2 heterocycles. The number of carbonyl (C=O) groups is 2. The van der Waals surface area contributed by atoms with Crippen LogP contribution in [0.3, 0.4) is 0 Å². The molecule has 3 amide bonds. The van der Waals surface area contributed by atoms with Gasteiger partial charge in [0, 0.05) is 25.2 Å². The van der Waals surface area contributed by atoms with Crippen molar-refractivity contribution in [2.75, 3.05) is 13.1 Å². The Balaban J connectivity index is 1.61. The third-order valence-electron chi connectivity index (χ3n) is 5.79. The number of fused-ring (bicyclic) bond motifs is 2. The molecule has 0 aliphatic carbocycles. The summed E-state index contributed by atoms with van der Waals surface area (Å²) in [6, 6.07) is 7.89. The second-order valence-corrected chi connectivity index (χ2v) is 8.62. The zero-order valence-corrected chi connectivity index (χ0v) is 17.3. The SMILES string of the molecule is Cc1ccc(CNC(=O)NC(CC(C)C)C(=O)N2C3CCNCC2CC3)cc1. The van der Waals surface area contributed by atoms with Crippen molar-refractivity contribution in [2.45, 2.75) is 71.1 Å². The van der Waals surface area contributed by atoms with Crippen LogP contribution in [-0.4, -0.2) is 48.1 Å². The normalized spacial score (nSPS) is 22.6. The Kier molecular flexibility index (Phi) is 6.94. The Morgan fingerprint density at radius 1 is 1.14 bits per heavy atom. The molecule has 0 aromatic heterocycles. The summed E-state index contributed by atoms with van der Waals surface area (Å²) in [5.74, 6) is 0.407. The van der Waals surface area contributed by atoms with Crippen molar-refractivity contribution in [3.05, 3.63) is 35.4 Å². The predicted octanol–water partition coefficient (Wildman–Crippen LogP) is 2.56. The quantitative estimate of drug-likeness (QED) is 0.703. The molecule has 2 aliphatic heterocycles. The molecule has 3 unspecified atom stereocenters. The highest BCUT2D eigenvalue weighted by Gasteiger charge is 2.40. The van der Waals surface area contributed by atoms with Gasteiger partial charge in [-0.1, -0.05) is 43.7 Å². The summed E-state index contributed by atoms with van der Waals surface area (Å²) in [6.45, 7) is 8.49. The summed E-state index contributed by atoms with van der Waals surface area (Å²) in [4.78, 5) is 27.9. The highest BCUT2D eigenvalue weighted by atomic mass is 16.2. The highest BCUT2D eigenvalue weighted by molar-refractivity contribution is 5.87. The molecule has 0 saturated carbocycles. The molecular formula is C22H34N4O2. The van der Waals surface area contributed by atoms with Crippen LogP contribution in [0, 0.1) is 12.8 Å². The average Bonchev–Trinajstić information content (AvgIpc) is 2.92. The molecule has 2 fully saturated rings. The zero-order chi connectivity index (χ0) is 20.1. The van der Waals surface area contributed by atoms with E-state index < -0.39 is 6.04 Å². The molecular weight excluding hydrogens is 352 g/mol. The van der Waals surface area contributed by atoms with E-state index in [9.17, 15) is 9.59 Å². The van der Waals surface area contributed by atoms with Crippen LogP contribution >= 0.6 is 0 Å². The van der Waals surface area contributed by atoms with E-state index in [4.69, 9.17) is 0 Å². The molecule has 3 atom stereocenters. The van der Waals surface area contributed by atoms with Gasteiger partial charge in [0.1, 0.15) is 6.04 Å². The molecule has 2 aliphatic rings. The first-order valence-corrected chi connectivity index (χ1v) is 10.6. The standard InChI is InChI=1S/C22H34N4O2/c1-15(2)12-20(21(27)26-18-8-9-19(26)14-23-11-10-18)25-22(28)24-13-17-6-4-16(3)5-7-17/h4-7,15,18-20,23H,8-14H2,1-3H3,(H2,24,25,28). The zero-order valence-electron chi connectivity index (χ0n) is 17.3. The van der Waals surface area contributed by atoms with Gasteiger partial charge < -0.3 is 20.9 Å². The molecule has 154 valence electrons. The van der Waals surface area contributed by atoms with Crippen molar-refractivity contribution in [1.29, 1.82) is 0 Å². The Bertz CT molecular complexity index is 660. The first-order chi connectivity index (χ1) is 13.4. The topological polar surface area (TPSA) is 73.5 Å². The van der Waals surface area contributed by atoms with E-state index in [-0.39, 0.29) is 18.0 Å². The molecule has 1 aromatic rings. The van der Waals surface area contributed by atoms with Crippen molar-refractivity contribution >= 4 is 11.9 Å². The Labute approximate surface area is 168 Å². The van der Waals surface area contributed by atoms with Crippen LogP contribution in [0.25, 0.3) is 0 Å². The maximum Gasteiger partial charge on any atom is 0.315 e. The monoisotopic (exact) mass is 386 g/mol.